The minimum absolute atomic E-state index is 0.402. The molecule has 1 aliphatic rings. The molecule has 0 aromatic heterocycles. The first-order chi connectivity index (χ1) is 6.58. The standard InChI is InChI=1S/C10H7Cl2NO/c1-10(9(5-13)14-10)7-3-2-6(11)4-8(7)12/h2-4,9H,1H3. The van der Waals surface area contributed by atoms with Gasteiger partial charge in [-0.1, -0.05) is 29.3 Å². The van der Waals surface area contributed by atoms with E-state index >= 15 is 0 Å². The van der Waals surface area contributed by atoms with Crippen molar-refractivity contribution in [2.45, 2.75) is 18.6 Å². The van der Waals surface area contributed by atoms with E-state index in [1.165, 1.54) is 0 Å². The zero-order valence-electron chi connectivity index (χ0n) is 7.42. The van der Waals surface area contributed by atoms with Gasteiger partial charge in [0.15, 0.2) is 6.10 Å². The van der Waals surface area contributed by atoms with Crippen molar-refractivity contribution in [2.24, 2.45) is 0 Å². The summed E-state index contributed by atoms with van der Waals surface area (Å²) in [5.74, 6) is 0. The minimum Gasteiger partial charge on any atom is -0.345 e. The van der Waals surface area contributed by atoms with Crippen molar-refractivity contribution in [2.75, 3.05) is 0 Å². The summed E-state index contributed by atoms with van der Waals surface area (Å²) >= 11 is 11.8. The molecule has 0 amide bonds. The van der Waals surface area contributed by atoms with Crippen molar-refractivity contribution in [1.82, 2.24) is 0 Å². The summed E-state index contributed by atoms with van der Waals surface area (Å²) in [5.41, 5.74) is 0.256. The molecule has 4 heteroatoms. The molecule has 1 fully saturated rings. The number of epoxide rings is 1. The summed E-state index contributed by atoms with van der Waals surface area (Å²) in [5, 5.41) is 9.82. The molecule has 0 bridgehead atoms. The first-order valence-corrected chi connectivity index (χ1v) is 4.86. The van der Waals surface area contributed by atoms with Gasteiger partial charge in [-0.15, -0.1) is 0 Å². The molecule has 1 aromatic rings. The molecule has 1 saturated heterocycles. The zero-order chi connectivity index (χ0) is 10.3. The van der Waals surface area contributed by atoms with Crippen LogP contribution in [0.1, 0.15) is 12.5 Å². The molecular formula is C10H7Cl2NO. The van der Waals surface area contributed by atoms with Crippen LogP contribution in [0.3, 0.4) is 0 Å². The third-order valence-corrected chi connectivity index (χ3v) is 2.94. The SMILES string of the molecule is CC1(c2ccc(Cl)cc2Cl)OC1C#N. The van der Waals surface area contributed by atoms with Crippen LogP contribution in [0.4, 0.5) is 0 Å². The van der Waals surface area contributed by atoms with Gasteiger partial charge in [0, 0.05) is 15.6 Å². The lowest BCUT2D eigenvalue weighted by atomic mass is 9.98. The quantitative estimate of drug-likeness (QED) is 0.692. The first kappa shape index (κ1) is 9.79. The summed E-state index contributed by atoms with van der Waals surface area (Å²) in [6, 6.07) is 7.24. The maximum Gasteiger partial charge on any atom is 0.178 e. The van der Waals surface area contributed by atoms with Crippen molar-refractivity contribution >= 4 is 23.2 Å². The molecule has 72 valence electrons. The van der Waals surface area contributed by atoms with Crippen LogP contribution in [0.5, 0.6) is 0 Å². The Hall–Kier alpha value is -0.750. The van der Waals surface area contributed by atoms with Gasteiger partial charge in [0.25, 0.3) is 0 Å². The van der Waals surface area contributed by atoms with Crippen LogP contribution in [0.15, 0.2) is 18.2 Å². The molecule has 1 aliphatic heterocycles. The van der Waals surface area contributed by atoms with E-state index in [2.05, 4.69) is 6.07 Å². The lowest BCUT2D eigenvalue weighted by Crippen LogP contribution is -2.07. The normalized spacial score (nSPS) is 29.7. The van der Waals surface area contributed by atoms with Gasteiger partial charge in [-0.05, 0) is 19.1 Å². The zero-order valence-corrected chi connectivity index (χ0v) is 8.93. The summed E-state index contributed by atoms with van der Waals surface area (Å²) in [4.78, 5) is 0. The Morgan fingerprint density at radius 1 is 1.50 bits per heavy atom. The molecule has 2 nitrogen and oxygen atoms in total. The van der Waals surface area contributed by atoms with Crippen LogP contribution in [-0.4, -0.2) is 6.10 Å². The Bertz CT molecular complexity index is 427. The van der Waals surface area contributed by atoms with Gasteiger partial charge in [0.05, 0.1) is 6.07 Å². The molecule has 2 rings (SSSR count). The van der Waals surface area contributed by atoms with E-state index in [-0.39, 0.29) is 0 Å². The van der Waals surface area contributed by atoms with Crippen molar-refractivity contribution in [3.8, 4) is 6.07 Å². The highest BCUT2D eigenvalue weighted by atomic mass is 35.5. The number of hydrogen-bond donors (Lipinski definition) is 0. The number of nitrogens with zero attached hydrogens (tertiary/aromatic N) is 1. The summed E-state index contributed by atoms with van der Waals surface area (Å²) < 4.78 is 5.27. The fourth-order valence-electron chi connectivity index (χ4n) is 1.46. The lowest BCUT2D eigenvalue weighted by Gasteiger charge is -2.07. The Balaban J connectivity index is 2.40. The maximum absolute atomic E-state index is 8.70. The van der Waals surface area contributed by atoms with Crippen LogP contribution in [0.25, 0.3) is 0 Å². The maximum atomic E-state index is 8.70. The number of rotatable bonds is 1. The van der Waals surface area contributed by atoms with Crippen molar-refractivity contribution in [3.05, 3.63) is 33.8 Å². The van der Waals surface area contributed by atoms with Crippen molar-refractivity contribution in [3.63, 3.8) is 0 Å². The molecule has 0 spiro atoms. The highest BCUT2D eigenvalue weighted by Crippen LogP contribution is 2.48. The third kappa shape index (κ3) is 1.38. The van der Waals surface area contributed by atoms with Gasteiger partial charge in [-0.3, -0.25) is 0 Å². The minimum atomic E-state index is -0.559. The van der Waals surface area contributed by atoms with E-state index in [4.69, 9.17) is 33.2 Å². The monoisotopic (exact) mass is 227 g/mol. The molecule has 1 heterocycles. The van der Waals surface area contributed by atoms with Crippen molar-refractivity contribution in [1.29, 1.82) is 5.26 Å². The average molecular weight is 228 g/mol. The molecule has 2 unspecified atom stereocenters. The predicted octanol–water partition coefficient (Wildman–Crippen LogP) is 3.13. The van der Waals surface area contributed by atoms with Gasteiger partial charge < -0.3 is 4.74 Å². The summed E-state index contributed by atoms with van der Waals surface area (Å²) in [7, 11) is 0. The largest absolute Gasteiger partial charge is 0.345 e. The van der Waals surface area contributed by atoms with Gasteiger partial charge in [0.1, 0.15) is 5.60 Å². The number of halogens is 2. The molecule has 0 radical (unpaired) electrons. The second-order valence-corrected chi connectivity index (χ2v) is 4.20. The van der Waals surface area contributed by atoms with Crippen LogP contribution >= 0.6 is 23.2 Å². The Kier molecular flexibility index (Phi) is 2.19. The second-order valence-electron chi connectivity index (χ2n) is 3.36. The second kappa shape index (κ2) is 3.13. The highest BCUT2D eigenvalue weighted by molar-refractivity contribution is 6.35. The Morgan fingerprint density at radius 2 is 2.21 bits per heavy atom. The lowest BCUT2D eigenvalue weighted by molar-refractivity contribution is 0.321. The van der Waals surface area contributed by atoms with Crippen LogP contribution in [0.2, 0.25) is 10.0 Å². The molecule has 14 heavy (non-hydrogen) atoms. The van der Waals surface area contributed by atoms with Crippen LogP contribution in [-0.2, 0) is 10.3 Å². The smallest absolute Gasteiger partial charge is 0.178 e. The van der Waals surface area contributed by atoms with E-state index < -0.39 is 11.7 Å². The van der Waals surface area contributed by atoms with Gasteiger partial charge in [-0.25, -0.2) is 0 Å². The molecule has 0 N–H and O–H groups in total. The fraction of sp³-hybridized carbons (Fsp3) is 0.300. The average Bonchev–Trinajstić information content (AvgIpc) is 2.77. The predicted molar refractivity (Wildman–Crippen MR) is 54.3 cm³/mol. The summed E-state index contributed by atoms with van der Waals surface area (Å²) in [6.45, 7) is 1.84. The van der Waals surface area contributed by atoms with Crippen LogP contribution in [0, 0.1) is 11.3 Å². The van der Waals surface area contributed by atoms with E-state index in [1.807, 2.05) is 6.92 Å². The molecule has 0 aliphatic carbocycles. The molecular weight excluding hydrogens is 221 g/mol. The van der Waals surface area contributed by atoms with E-state index in [1.54, 1.807) is 18.2 Å². The third-order valence-electron chi connectivity index (χ3n) is 2.39. The van der Waals surface area contributed by atoms with Crippen LogP contribution < -0.4 is 0 Å². The number of benzene rings is 1. The van der Waals surface area contributed by atoms with Gasteiger partial charge >= 0.3 is 0 Å². The van der Waals surface area contributed by atoms with Gasteiger partial charge in [0.2, 0.25) is 0 Å². The molecule has 0 saturated carbocycles. The van der Waals surface area contributed by atoms with Gasteiger partial charge in [-0.2, -0.15) is 5.26 Å². The number of hydrogen-bond acceptors (Lipinski definition) is 2. The topological polar surface area (TPSA) is 36.3 Å². The Morgan fingerprint density at radius 3 is 2.71 bits per heavy atom. The Labute approximate surface area is 92.0 Å². The number of nitriles is 1. The number of ether oxygens (including phenoxy) is 1. The molecule has 1 aromatic carbocycles. The van der Waals surface area contributed by atoms with Crippen molar-refractivity contribution < 1.29 is 4.74 Å². The highest BCUT2D eigenvalue weighted by Gasteiger charge is 2.55. The molecule has 2 atom stereocenters. The summed E-state index contributed by atoms with van der Waals surface area (Å²) in [6.07, 6.45) is -0.402. The first-order valence-electron chi connectivity index (χ1n) is 4.11. The van der Waals surface area contributed by atoms with E-state index in [9.17, 15) is 0 Å². The van der Waals surface area contributed by atoms with E-state index in [0.29, 0.717) is 10.0 Å². The van der Waals surface area contributed by atoms with E-state index in [0.717, 1.165) is 5.56 Å². The fourth-order valence-corrected chi connectivity index (χ4v) is 2.05.